The van der Waals surface area contributed by atoms with Crippen LogP contribution in [0.4, 0.5) is 0 Å². The van der Waals surface area contributed by atoms with Gasteiger partial charge in [-0.1, -0.05) is 20.8 Å². The van der Waals surface area contributed by atoms with E-state index in [1.807, 2.05) is 0 Å². The Kier molecular flexibility index (Phi) is 4.39. The van der Waals surface area contributed by atoms with Gasteiger partial charge in [0, 0.05) is 25.3 Å². The van der Waals surface area contributed by atoms with E-state index in [9.17, 15) is 0 Å². The van der Waals surface area contributed by atoms with Gasteiger partial charge in [-0.05, 0) is 31.6 Å². The van der Waals surface area contributed by atoms with E-state index in [0.717, 1.165) is 13.2 Å². The van der Waals surface area contributed by atoms with Crippen molar-refractivity contribution < 1.29 is 4.74 Å². The lowest BCUT2D eigenvalue weighted by molar-refractivity contribution is 0.141. The summed E-state index contributed by atoms with van der Waals surface area (Å²) in [6.45, 7) is 11.0. The first-order valence-corrected chi connectivity index (χ1v) is 5.84. The third kappa shape index (κ3) is 3.97. The molecule has 0 spiro atoms. The maximum absolute atomic E-state index is 5.45. The van der Waals surface area contributed by atoms with Crippen LogP contribution in [0.1, 0.15) is 47.0 Å². The fourth-order valence-electron chi connectivity index (χ4n) is 1.67. The highest BCUT2D eigenvalue weighted by Gasteiger charge is 2.23. The van der Waals surface area contributed by atoms with Crippen LogP contribution in [-0.4, -0.2) is 25.3 Å². The summed E-state index contributed by atoms with van der Waals surface area (Å²) in [6.07, 6.45) is 3.63. The highest BCUT2D eigenvalue weighted by molar-refractivity contribution is 4.80. The topological polar surface area (TPSA) is 21.3 Å². The zero-order valence-corrected chi connectivity index (χ0v) is 10.1. The second-order valence-electron chi connectivity index (χ2n) is 5.49. The number of rotatable bonds is 2. The molecule has 0 aromatic heterocycles. The van der Waals surface area contributed by atoms with E-state index in [-0.39, 0.29) is 0 Å². The zero-order chi connectivity index (χ0) is 10.6. The molecule has 1 aliphatic heterocycles. The Labute approximate surface area is 88.4 Å². The molecular formula is C12H25NO. The van der Waals surface area contributed by atoms with Gasteiger partial charge in [-0.15, -0.1) is 0 Å². The van der Waals surface area contributed by atoms with Crippen molar-refractivity contribution in [3.63, 3.8) is 0 Å². The summed E-state index contributed by atoms with van der Waals surface area (Å²) in [4.78, 5) is 0. The average Bonchev–Trinajstić information content (AvgIpc) is 2.31. The molecule has 0 aromatic rings. The second-order valence-corrected chi connectivity index (χ2v) is 5.49. The summed E-state index contributed by atoms with van der Waals surface area (Å²) < 4.78 is 5.45. The van der Waals surface area contributed by atoms with Crippen LogP contribution >= 0.6 is 0 Å². The van der Waals surface area contributed by atoms with E-state index >= 15 is 0 Å². The van der Waals surface area contributed by atoms with E-state index in [1.165, 1.54) is 19.3 Å². The van der Waals surface area contributed by atoms with Gasteiger partial charge in [0.15, 0.2) is 0 Å². The minimum absolute atomic E-state index is 0.354. The Bertz CT molecular complexity index is 154. The summed E-state index contributed by atoms with van der Waals surface area (Å²) in [5, 5.41) is 3.72. The van der Waals surface area contributed by atoms with Crippen molar-refractivity contribution in [2.75, 3.05) is 13.2 Å². The van der Waals surface area contributed by atoms with Crippen molar-refractivity contribution in [1.29, 1.82) is 0 Å². The second kappa shape index (κ2) is 5.13. The van der Waals surface area contributed by atoms with Gasteiger partial charge in [-0.2, -0.15) is 0 Å². The van der Waals surface area contributed by atoms with Crippen LogP contribution in [-0.2, 0) is 4.74 Å². The van der Waals surface area contributed by atoms with Crippen LogP contribution in [0.15, 0.2) is 0 Å². The molecule has 0 saturated carbocycles. The molecule has 2 unspecified atom stereocenters. The van der Waals surface area contributed by atoms with Gasteiger partial charge in [0.05, 0.1) is 0 Å². The van der Waals surface area contributed by atoms with Gasteiger partial charge >= 0.3 is 0 Å². The first kappa shape index (κ1) is 12.0. The number of hydrogen-bond donors (Lipinski definition) is 1. The lowest BCUT2D eigenvalue weighted by Crippen LogP contribution is -2.44. The minimum Gasteiger partial charge on any atom is -0.381 e. The molecular weight excluding hydrogens is 174 g/mol. The molecule has 1 rings (SSSR count). The van der Waals surface area contributed by atoms with Crippen molar-refractivity contribution in [1.82, 2.24) is 5.32 Å². The monoisotopic (exact) mass is 199 g/mol. The van der Waals surface area contributed by atoms with E-state index in [2.05, 4.69) is 33.0 Å². The van der Waals surface area contributed by atoms with E-state index in [0.29, 0.717) is 17.5 Å². The fraction of sp³-hybridized carbons (Fsp3) is 1.00. The molecule has 1 fully saturated rings. The summed E-state index contributed by atoms with van der Waals surface area (Å²) in [5.74, 6) is 0. The van der Waals surface area contributed by atoms with Crippen LogP contribution in [0.5, 0.6) is 0 Å². The smallest absolute Gasteiger partial charge is 0.0480 e. The third-order valence-corrected chi connectivity index (χ3v) is 3.24. The van der Waals surface area contributed by atoms with Crippen molar-refractivity contribution in [2.24, 2.45) is 5.41 Å². The molecule has 84 valence electrons. The normalized spacial score (nSPS) is 27.0. The molecule has 0 amide bonds. The lowest BCUT2D eigenvalue weighted by Gasteiger charge is -2.32. The van der Waals surface area contributed by atoms with Crippen LogP contribution in [0.3, 0.4) is 0 Å². The summed E-state index contributed by atoms with van der Waals surface area (Å²) in [7, 11) is 0. The lowest BCUT2D eigenvalue weighted by atomic mass is 9.87. The van der Waals surface area contributed by atoms with Gasteiger partial charge in [-0.25, -0.2) is 0 Å². The molecule has 0 aliphatic carbocycles. The summed E-state index contributed by atoms with van der Waals surface area (Å²) in [5.41, 5.74) is 0.354. The van der Waals surface area contributed by atoms with Crippen LogP contribution in [0, 0.1) is 5.41 Å². The molecule has 0 bridgehead atoms. The number of hydrogen-bond acceptors (Lipinski definition) is 2. The van der Waals surface area contributed by atoms with Gasteiger partial charge in [0.1, 0.15) is 0 Å². The van der Waals surface area contributed by atoms with Crippen molar-refractivity contribution in [3.05, 3.63) is 0 Å². The average molecular weight is 199 g/mol. The Morgan fingerprint density at radius 2 is 1.93 bits per heavy atom. The number of ether oxygens (including phenoxy) is 1. The van der Waals surface area contributed by atoms with E-state index in [4.69, 9.17) is 4.74 Å². The van der Waals surface area contributed by atoms with E-state index in [1.54, 1.807) is 0 Å². The Hall–Kier alpha value is -0.0800. The Morgan fingerprint density at radius 3 is 2.57 bits per heavy atom. The molecule has 0 radical (unpaired) electrons. The molecule has 1 aliphatic rings. The minimum atomic E-state index is 0.354. The highest BCUT2D eigenvalue weighted by Crippen LogP contribution is 2.20. The Balaban J connectivity index is 2.34. The maximum atomic E-state index is 5.45. The molecule has 2 nitrogen and oxygen atoms in total. The van der Waals surface area contributed by atoms with Crippen molar-refractivity contribution in [2.45, 2.75) is 59.0 Å². The van der Waals surface area contributed by atoms with Crippen molar-refractivity contribution in [3.8, 4) is 0 Å². The maximum Gasteiger partial charge on any atom is 0.0480 e. The predicted octanol–water partition coefficient (Wildman–Crippen LogP) is 2.58. The SMILES string of the molecule is CC(NC1CCCOCC1)C(C)(C)C. The molecule has 1 N–H and O–H groups in total. The van der Waals surface area contributed by atoms with Crippen LogP contribution in [0.25, 0.3) is 0 Å². The van der Waals surface area contributed by atoms with Crippen LogP contribution < -0.4 is 5.32 Å². The largest absolute Gasteiger partial charge is 0.381 e. The highest BCUT2D eigenvalue weighted by atomic mass is 16.5. The van der Waals surface area contributed by atoms with Crippen molar-refractivity contribution >= 4 is 0 Å². The molecule has 1 saturated heterocycles. The standard InChI is InChI=1S/C12H25NO/c1-10(12(2,3)4)13-11-6-5-8-14-9-7-11/h10-11,13H,5-9H2,1-4H3. The first-order chi connectivity index (χ1) is 6.50. The molecule has 2 atom stereocenters. The molecule has 2 heteroatoms. The first-order valence-electron chi connectivity index (χ1n) is 5.84. The molecule has 0 aromatic carbocycles. The quantitative estimate of drug-likeness (QED) is 0.738. The van der Waals surface area contributed by atoms with Gasteiger partial charge in [-0.3, -0.25) is 0 Å². The third-order valence-electron chi connectivity index (χ3n) is 3.24. The molecule has 1 heterocycles. The number of nitrogens with one attached hydrogen (secondary N) is 1. The fourth-order valence-corrected chi connectivity index (χ4v) is 1.67. The van der Waals surface area contributed by atoms with Crippen LogP contribution in [0.2, 0.25) is 0 Å². The summed E-state index contributed by atoms with van der Waals surface area (Å²) in [6, 6.07) is 1.23. The Morgan fingerprint density at radius 1 is 1.21 bits per heavy atom. The van der Waals surface area contributed by atoms with E-state index < -0.39 is 0 Å². The van der Waals surface area contributed by atoms with Gasteiger partial charge < -0.3 is 10.1 Å². The zero-order valence-electron chi connectivity index (χ0n) is 10.1. The summed E-state index contributed by atoms with van der Waals surface area (Å²) >= 11 is 0. The van der Waals surface area contributed by atoms with Gasteiger partial charge in [0.2, 0.25) is 0 Å². The predicted molar refractivity (Wildman–Crippen MR) is 60.5 cm³/mol. The molecule has 14 heavy (non-hydrogen) atoms. The van der Waals surface area contributed by atoms with Gasteiger partial charge in [0.25, 0.3) is 0 Å².